The molecule has 0 spiro atoms. The van der Waals surface area contributed by atoms with Crippen LogP contribution in [-0.4, -0.2) is 4.37 Å². The van der Waals surface area contributed by atoms with Gasteiger partial charge >= 0.3 is 0 Å². The van der Waals surface area contributed by atoms with Gasteiger partial charge < -0.3 is 11.1 Å². The average molecular weight is 299 g/mol. The summed E-state index contributed by atoms with van der Waals surface area (Å²) >= 11 is 1.31. The lowest BCUT2D eigenvalue weighted by atomic mass is 10.1. The Labute approximate surface area is 126 Å². The number of halogens is 1. The summed E-state index contributed by atoms with van der Waals surface area (Å²) in [6.45, 7) is 0.527. The molecule has 0 bridgehead atoms. The first-order valence-electron chi connectivity index (χ1n) is 6.53. The van der Waals surface area contributed by atoms with Gasteiger partial charge in [0.15, 0.2) is 0 Å². The molecule has 3 nitrogen and oxygen atoms in total. The fraction of sp³-hybridized carbons (Fsp3) is 0.0625. The third-order valence-corrected chi connectivity index (χ3v) is 3.94. The van der Waals surface area contributed by atoms with Gasteiger partial charge in [0.05, 0.1) is 5.56 Å². The van der Waals surface area contributed by atoms with E-state index in [1.54, 1.807) is 6.07 Å². The molecule has 0 atom stereocenters. The van der Waals surface area contributed by atoms with Crippen LogP contribution >= 0.6 is 11.5 Å². The van der Waals surface area contributed by atoms with E-state index >= 15 is 0 Å². The topological polar surface area (TPSA) is 50.9 Å². The number of benzene rings is 2. The second kappa shape index (κ2) is 5.93. The Morgan fingerprint density at radius 2 is 1.90 bits per heavy atom. The molecule has 21 heavy (non-hydrogen) atoms. The van der Waals surface area contributed by atoms with Crippen LogP contribution in [0.5, 0.6) is 0 Å². The van der Waals surface area contributed by atoms with Gasteiger partial charge in [-0.2, -0.15) is 4.37 Å². The number of nitrogens with zero attached hydrogens (tertiary/aromatic N) is 1. The van der Waals surface area contributed by atoms with Crippen LogP contribution in [0.25, 0.3) is 11.1 Å². The molecule has 0 radical (unpaired) electrons. The molecule has 5 heteroatoms. The molecule has 2 aromatic carbocycles. The first-order valence-corrected chi connectivity index (χ1v) is 7.30. The molecular formula is C16H14FN3S. The molecule has 3 rings (SSSR count). The van der Waals surface area contributed by atoms with Gasteiger partial charge in [0.2, 0.25) is 0 Å². The Morgan fingerprint density at radius 3 is 2.67 bits per heavy atom. The maximum atomic E-state index is 13.2. The van der Waals surface area contributed by atoms with E-state index in [0.717, 1.165) is 21.7 Å². The molecule has 1 aromatic heterocycles. The second-order valence-electron chi connectivity index (χ2n) is 4.62. The lowest BCUT2D eigenvalue weighted by molar-refractivity contribution is 0.626. The van der Waals surface area contributed by atoms with Crippen molar-refractivity contribution in [3.05, 3.63) is 66.0 Å². The minimum Gasteiger partial charge on any atom is -0.382 e. The Morgan fingerprint density at radius 1 is 1.10 bits per heavy atom. The molecule has 3 N–H and O–H groups in total. The third-order valence-electron chi connectivity index (χ3n) is 3.12. The fourth-order valence-corrected chi connectivity index (χ4v) is 2.87. The van der Waals surface area contributed by atoms with Crippen LogP contribution in [0.3, 0.4) is 0 Å². The van der Waals surface area contributed by atoms with Crippen LogP contribution in [-0.2, 0) is 6.54 Å². The zero-order valence-electron chi connectivity index (χ0n) is 11.2. The summed E-state index contributed by atoms with van der Waals surface area (Å²) in [5, 5.41) is 4.18. The summed E-state index contributed by atoms with van der Waals surface area (Å²) in [4.78, 5) is 0. The zero-order chi connectivity index (χ0) is 14.7. The summed E-state index contributed by atoms with van der Waals surface area (Å²) < 4.78 is 17.4. The smallest absolute Gasteiger partial charge is 0.147 e. The Kier molecular flexibility index (Phi) is 3.83. The number of hydrogen-bond acceptors (Lipinski definition) is 4. The predicted octanol–water partition coefficient (Wildman–Crippen LogP) is 4.14. The highest BCUT2D eigenvalue weighted by atomic mass is 32.1. The molecule has 106 valence electrons. The predicted molar refractivity (Wildman–Crippen MR) is 85.7 cm³/mol. The third kappa shape index (κ3) is 3.03. The number of nitrogen functional groups attached to an aromatic ring is 1. The number of anilines is 2. The van der Waals surface area contributed by atoms with Gasteiger partial charge in [-0.3, -0.25) is 0 Å². The van der Waals surface area contributed by atoms with Crippen molar-refractivity contribution in [1.29, 1.82) is 0 Å². The van der Waals surface area contributed by atoms with Crippen molar-refractivity contribution < 1.29 is 4.39 Å². The molecule has 0 saturated carbocycles. The van der Waals surface area contributed by atoms with Gasteiger partial charge in [-0.05, 0) is 34.8 Å². The van der Waals surface area contributed by atoms with Gasteiger partial charge in [0.1, 0.15) is 16.6 Å². The van der Waals surface area contributed by atoms with Crippen molar-refractivity contribution in [1.82, 2.24) is 4.37 Å². The highest BCUT2D eigenvalue weighted by molar-refractivity contribution is 7.11. The zero-order valence-corrected chi connectivity index (χ0v) is 12.0. The minimum atomic E-state index is -0.235. The summed E-state index contributed by atoms with van der Waals surface area (Å²) in [6.07, 6.45) is 0. The molecular weight excluding hydrogens is 285 g/mol. The standard InChI is InChI=1S/C16H14FN3S/c17-13-8-4-5-11(9-13)10-19-16-14(15(18)20-21-16)12-6-2-1-3-7-12/h1-9,19H,10H2,(H2,18,20). The summed E-state index contributed by atoms with van der Waals surface area (Å²) in [6, 6.07) is 16.4. The van der Waals surface area contributed by atoms with Crippen LogP contribution in [0.2, 0.25) is 0 Å². The number of aromatic nitrogens is 1. The molecule has 0 aliphatic carbocycles. The molecule has 0 amide bonds. The van der Waals surface area contributed by atoms with Crippen LogP contribution in [0.1, 0.15) is 5.56 Å². The fourth-order valence-electron chi connectivity index (χ4n) is 2.14. The summed E-state index contributed by atoms with van der Waals surface area (Å²) in [5.41, 5.74) is 8.76. The van der Waals surface area contributed by atoms with Crippen LogP contribution in [0.4, 0.5) is 15.2 Å². The van der Waals surface area contributed by atoms with Crippen LogP contribution in [0.15, 0.2) is 54.6 Å². The molecule has 3 aromatic rings. The van der Waals surface area contributed by atoms with Gasteiger partial charge in [-0.25, -0.2) is 4.39 Å². The van der Waals surface area contributed by atoms with E-state index in [4.69, 9.17) is 5.73 Å². The summed E-state index contributed by atoms with van der Waals surface area (Å²) in [7, 11) is 0. The maximum absolute atomic E-state index is 13.2. The first-order chi connectivity index (χ1) is 10.2. The largest absolute Gasteiger partial charge is 0.382 e. The SMILES string of the molecule is Nc1nsc(NCc2cccc(F)c2)c1-c1ccccc1. The lowest BCUT2D eigenvalue weighted by Gasteiger charge is -2.07. The minimum absolute atomic E-state index is 0.235. The highest BCUT2D eigenvalue weighted by Crippen LogP contribution is 2.36. The van der Waals surface area contributed by atoms with Crippen LogP contribution in [0, 0.1) is 5.82 Å². The molecule has 0 unspecified atom stereocenters. The average Bonchev–Trinajstić information content (AvgIpc) is 2.87. The van der Waals surface area contributed by atoms with Gasteiger partial charge in [-0.1, -0.05) is 42.5 Å². The van der Waals surface area contributed by atoms with Gasteiger partial charge in [-0.15, -0.1) is 0 Å². The van der Waals surface area contributed by atoms with Crippen molar-refractivity contribution in [3.8, 4) is 11.1 Å². The number of nitrogens with two attached hydrogens (primary N) is 1. The van der Waals surface area contributed by atoms with E-state index in [1.807, 2.05) is 36.4 Å². The Bertz CT molecular complexity index is 740. The van der Waals surface area contributed by atoms with E-state index in [-0.39, 0.29) is 5.82 Å². The van der Waals surface area contributed by atoms with E-state index in [1.165, 1.54) is 23.7 Å². The van der Waals surface area contributed by atoms with Crippen molar-refractivity contribution in [2.45, 2.75) is 6.54 Å². The number of nitrogens with one attached hydrogen (secondary N) is 1. The molecule has 1 heterocycles. The molecule has 0 aliphatic rings. The quantitative estimate of drug-likeness (QED) is 0.761. The van der Waals surface area contributed by atoms with E-state index < -0.39 is 0 Å². The van der Waals surface area contributed by atoms with Crippen molar-refractivity contribution in [2.24, 2.45) is 0 Å². The van der Waals surface area contributed by atoms with Crippen molar-refractivity contribution in [2.75, 3.05) is 11.1 Å². The van der Waals surface area contributed by atoms with Crippen LogP contribution < -0.4 is 11.1 Å². The summed E-state index contributed by atoms with van der Waals surface area (Å²) in [5.74, 6) is 0.273. The van der Waals surface area contributed by atoms with E-state index in [0.29, 0.717) is 12.4 Å². The molecule has 0 fully saturated rings. The number of hydrogen-bond donors (Lipinski definition) is 2. The number of rotatable bonds is 4. The Hall–Kier alpha value is -2.40. The second-order valence-corrected chi connectivity index (χ2v) is 5.39. The van der Waals surface area contributed by atoms with Crippen molar-refractivity contribution in [3.63, 3.8) is 0 Å². The maximum Gasteiger partial charge on any atom is 0.147 e. The Balaban J connectivity index is 1.84. The van der Waals surface area contributed by atoms with Gasteiger partial charge in [0, 0.05) is 6.54 Å². The first kappa shape index (κ1) is 13.6. The van der Waals surface area contributed by atoms with E-state index in [9.17, 15) is 4.39 Å². The molecule has 0 saturated heterocycles. The van der Waals surface area contributed by atoms with E-state index in [2.05, 4.69) is 9.69 Å². The van der Waals surface area contributed by atoms with Gasteiger partial charge in [0.25, 0.3) is 0 Å². The highest BCUT2D eigenvalue weighted by Gasteiger charge is 2.13. The monoisotopic (exact) mass is 299 g/mol. The molecule has 0 aliphatic heterocycles. The van der Waals surface area contributed by atoms with Crippen molar-refractivity contribution >= 4 is 22.4 Å². The normalized spacial score (nSPS) is 10.5. The lowest BCUT2D eigenvalue weighted by Crippen LogP contribution is -1.99.